The van der Waals surface area contributed by atoms with E-state index >= 15 is 0 Å². The van der Waals surface area contributed by atoms with E-state index < -0.39 is 0 Å². The molecule has 1 aromatic rings. The summed E-state index contributed by atoms with van der Waals surface area (Å²) in [4.78, 5) is 2.67. The Morgan fingerprint density at radius 3 is 2.62 bits per heavy atom. The first-order valence-electron chi connectivity index (χ1n) is 3.94. The Morgan fingerprint density at radius 1 is 1.38 bits per heavy atom. The number of nitrogens with zero attached hydrogens (tertiary/aromatic N) is 3. The van der Waals surface area contributed by atoms with Crippen LogP contribution in [-0.4, -0.2) is 6.61 Å². The van der Waals surface area contributed by atoms with E-state index in [1.165, 1.54) is 0 Å². The maximum Gasteiger partial charge on any atom is 0.119 e. The van der Waals surface area contributed by atoms with Crippen LogP contribution in [0.4, 0.5) is 5.69 Å². The highest BCUT2D eigenvalue weighted by Crippen LogP contribution is 2.17. The maximum absolute atomic E-state index is 8.15. The van der Waals surface area contributed by atoms with Crippen LogP contribution in [-0.2, 0) is 0 Å². The second-order valence-corrected chi connectivity index (χ2v) is 2.39. The molecular formula is C9H10N3O. The zero-order valence-electron chi connectivity index (χ0n) is 7.18. The van der Waals surface area contributed by atoms with Crippen LogP contribution < -0.4 is 4.74 Å². The minimum Gasteiger partial charge on any atom is -0.494 e. The Kier molecular flexibility index (Phi) is 3.67. The van der Waals surface area contributed by atoms with Crippen LogP contribution in [0.15, 0.2) is 29.4 Å². The standard InChI is InChI=1S/C9H10N3O/c1-2-7-13-9-5-3-8(4-6-9)11-12-10/h3-6H,1-2,7H2. The molecule has 0 spiro atoms. The van der Waals surface area contributed by atoms with E-state index in [1.807, 2.05) is 0 Å². The first kappa shape index (κ1) is 9.42. The molecule has 1 radical (unpaired) electrons. The van der Waals surface area contributed by atoms with Gasteiger partial charge in [-0.2, -0.15) is 0 Å². The van der Waals surface area contributed by atoms with E-state index in [0.717, 1.165) is 12.2 Å². The Hall–Kier alpha value is -1.67. The van der Waals surface area contributed by atoms with Crippen molar-refractivity contribution in [1.82, 2.24) is 0 Å². The molecule has 0 aliphatic rings. The van der Waals surface area contributed by atoms with Gasteiger partial charge >= 0.3 is 0 Å². The van der Waals surface area contributed by atoms with Gasteiger partial charge in [0.1, 0.15) is 5.75 Å². The lowest BCUT2D eigenvalue weighted by molar-refractivity contribution is 0.324. The lowest BCUT2D eigenvalue weighted by atomic mass is 10.3. The van der Waals surface area contributed by atoms with Gasteiger partial charge < -0.3 is 4.74 Å². The summed E-state index contributed by atoms with van der Waals surface area (Å²) in [5.41, 5.74) is 8.74. The SMILES string of the molecule is [CH2]CCOc1ccc(N=[N+]=[N-])cc1. The van der Waals surface area contributed by atoms with Crippen molar-refractivity contribution >= 4 is 5.69 Å². The van der Waals surface area contributed by atoms with Crippen LogP contribution in [0.1, 0.15) is 6.42 Å². The van der Waals surface area contributed by atoms with Crippen LogP contribution in [0.25, 0.3) is 10.4 Å². The van der Waals surface area contributed by atoms with Crippen molar-refractivity contribution in [2.24, 2.45) is 5.11 Å². The highest BCUT2D eigenvalue weighted by Gasteiger charge is 1.91. The van der Waals surface area contributed by atoms with E-state index in [2.05, 4.69) is 16.9 Å². The molecule has 4 nitrogen and oxygen atoms in total. The average molecular weight is 176 g/mol. The topological polar surface area (TPSA) is 58.0 Å². The quantitative estimate of drug-likeness (QED) is 0.394. The van der Waals surface area contributed by atoms with Gasteiger partial charge in [0.25, 0.3) is 0 Å². The average Bonchev–Trinajstić information content (AvgIpc) is 2.17. The Balaban J connectivity index is 2.63. The van der Waals surface area contributed by atoms with Crippen LogP contribution in [0.2, 0.25) is 0 Å². The van der Waals surface area contributed by atoms with Gasteiger partial charge in [0.05, 0.1) is 6.61 Å². The van der Waals surface area contributed by atoms with Crippen molar-refractivity contribution in [3.63, 3.8) is 0 Å². The highest BCUT2D eigenvalue weighted by molar-refractivity contribution is 5.40. The summed E-state index contributed by atoms with van der Waals surface area (Å²) < 4.78 is 5.29. The van der Waals surface area contributed by atoms with E-state index in [1.54, 1.807) is 24.3 Å². The van der Waals surface area contributed by atoms with Crippen LogP contribution >= 0.6 is 0 Å². The molecule has 67 valence electrons. The summed E-state index contributed by atoms with van der Waals surface area (Å²) in [5.74, 6) is 0.764. The molecule has 0 amide bonds. The highest BCUT2D eigenvalue weighted by atomic mass is 16.5. The lowest BCUT2D eigenvalue weighted by Gasteiger charge is -2.03. The Morgan fingerprint density at radius 2 is 2.08 bits per heavy atom. The fraction of sp³-hybridized carbons (Fsp3) is 0.222. The summed E-state index contributed by atoms with van der Waals surface area (Å²) in [6.45, 7) is 4.25. The lowest BCUT2D eigenvalue weighted by Crippen LogP contribution is -1.93. The first-order valence-corrected chi connectivity index (χ1v) is 3.94. The predicted octanol–water partition coefficient (Wildman–Crippen LogP) is 3.23. The van der Waals surface area contributed by atoms with Crippen LogP contribution in [0.5, 0.6) is 5.75 Å². The Labute approximate surface area is 76.8 Å². The van der Waals surface area contributed by atoms with Crippen molar-refractivity contribution in [2.75, 3.05) is 6.61 Å². The van der Waals surface area contributed by atoms with Gasteiger partial charge in [-0.1, -0.05) is 5.11 Å². The molecule has 1 rings (SSSR count). The molecule has 0 unspecified atom stereocenters. The van der Waals surface area contributed by atoms with E-state index in [9.17, 15) is 0 Å². The van der Waals surface area contributed by atoms with Gasteiger partial charge in [-0.05, 0) is 43.1 Å². The minimum absolute atomic E-state index is 0.587. The minimum atomic E-state index is 0.587. The predicted molar refractivity (Wildman–Crippen MR) is 50.7 cm³/mol. The van der Waals surface area contributed by atoms with Crippen molar-refractivity contribution in [2.45, 2.75) is 6.42 Å². The molecule has 0 saturated heterocycles. The van der Waals surface area contributed by atoms with E-state index in [0.29, 0.717) is 12.3 Å². The monoisotopic (exact) mass is 176 g/mol. The molecule has 0 aliphatic carbocycles. The summed E-state index contributed by atoms with van der Waals surface area (Å²) in [6, 6.07) is 6.94. The van der Waals surface area contributed by atoms with E-state index in [-0.39, 0.29) is 0 Å². The number of hydrogen-bond acceptors (Lipinski definition) is 2. The summed E-state index contributed by atoms with van der Waals surface area (Å²) in [5, 5.41) is 3.44. The molecule has 0 aliphatic heterocycles. The fourth-order valence-electron chi connectivity index (χ4n) is 0.851. The number of rotatable bonds is 4. The number of ether oxygens (including phenoxy) is 1. The van der Waals surface area contributed by atoms with Crippen LogP contribution in [0.3, 0.4) is 0 Å². The van der Waals surface area contributed by atoms with Gasteiger partial charge in [-0.15, -0.1) is 0 Å². The second-order valence-electron chi connectivity index (χ2n) is 2.39. The fourth-order valence-corrected chi connectivity index (χ4v) is 0.851. The molecule has 0 atom stereocenters. The molecule has 0 saturated carbocycles. The molecule has 0 N–H and O–H groups in total. The zero-order chi connectivity index (χ0) is 9.52. The normalized spacial score (nSPS) is 9.00. The van der Waals surface area contributed by atoms with Crippen LogP contribution in [0, 0.1) is 6.92 Å². The molecule has 1 aromatic carbocycles. The third kappa shape index (κ3) is 3.05. The third-order valence-corrected chi connectivity index (χ3v) is 1.41. The largest absolute Gasteiger partial charge is 0.494 e. The van der Waals surface area contributed by atoms with Crippen molar-refractivity contribution in [1.29, 1.82) is 0 Å². The number of benzene rings is 1. The maximum atomic E-state index is 8.15. The molecule has 13 heavy (non-hydrogen) atoms. The number of azide groups is 1. The smallest absolute Gasteiger partial charge is 0.119 e. The third-order valence-electron chi connectivity index (χ3n) is 1.41. The van der Waals surface area contributed by atoms with Gasteiger partial charge in [0.2, 0.25) is 0 Å². The summed E-state index contributed by atoms with van der Waals surface area (Å²) in [6.07, 6.45) is 0.734. The van der Waals surface area contributed by atoms with E-state index in [4.69, 9.17) is 10.3 Å². The van der Waals surface area contributed by atoms with Gasteiger partial charge in [-0.3, -0.25) is 0 Å². The molecule has 0 heterocycles. The second kappa shape index (κ2) is 5.06. The molecule has 0 bridgehead atoms. The molecule has 0 aromatic heterocycles. The summed E-state index contributed by atoms with van der Waals surface area (Å²) in [7, 11) is 0. The first-order chi connectivity index (χ1) is 6.36. The summed E-state index contributed by atoms with van der Waals surface area (Å²) >= 11 is 0. The number of hydrogen-bond donors (Lipinski definition) is 0. The van der Waals surface area contributed by atoms with Crippen molar-refractivity contribution in [3.8, 4) is 5.75 Å². The van der Waals surface area contributed by atoms with Gasteiger partial charge in [0.15, 0.2) is 0 Å². The molecular weight excluding hydrogens is 166 g/mol. The van der Waals surface area contributed by atoms with Gasteiger partial charge in [0, 0.05) is 10.6 Å². The Bertz CT molecular complexity index is 301. The van der Waals surface area contributed by atoms with Crippen molar-refractivity contribution < 1.29 is 4.74 Å². The zero-order valence-corrected chi connectivity index (χ0v) is 7.18. The van der Waals surface area contributed by atoms with Crippen molar-refractivity contribution in [3.05, 3.63) is 41.6 Å². The van der Waals surface area contributed by atoms with Gasteiger partial charge in [-0.25, -0.2) is 0 Å². The molecule has 4 heteroatoms. The molecule has 0 fully saturated rings.